The number of anilines is 1. The lowest BCUT2D eigenvalue weighted by molar-refractivity contribution is -0.137. The Morgan fingerprint density at radius 1 is 1.10 bits per heavy atom. The summed E-state index contributed by atoms with van der Waals surface area (Å²) in [5, 5.41) is 6.51. The minimum absolute atomic E-state index is 0.0239. The van der Waals surface area contributed by atoms with Gasteiger partial charge in [0.2, 0.25) is 5.91 Å². The molecule has 1 heterocycles. The first-order valence-corrected chi connectivity index (χ1v) is 8.46. The Balaban J connectivity index is 1.77. The summed E-state index contributed by atoms with van der Waals surface area (Å²) in [6.07, 6.45) is -4.52. The van der Waals surface area contributed by atoms with Gasteiger partial charge in [0.25, 0.3) is 5.56 Å². The molecule has 0 saturated heterocycles. The van der Waals surface area contributed by atoms with Crippen molar-refractivity contribution < 1.29 is 22.7 Å². The Morgan fingerprint density at radius 2 is 1.83 bits per heavy atom. The first kappa shape index (κ1) is 20.1. The summed E-state index contributed by atoms with van der Waals surface area (Å²) < 4.78 is 44.4. The molecule has 1 N–H and O–H groups in total. The molecule has 6 nitrogen and oxygen atoms in total. The molecule has 0 atom stereocenters. The van der Waals surface area contributed by atoms with Gasteiger partial charge in [0.1, 0.15) is 12.3 Å². The fourth-order valence-corrected chi connectivity index (χ4v) is 2.59. The Labute approximate surface area is 163 Å². The van der Waals surface area contributed by atoms with E-state index >= 15 is 0 Å². The van der Waals surface area contributed by atoms with E-state index in [4.69, 9.17) is 4.74 Å². The van der Waals surface area contributed by atoms with E-state index in [2.05, 4.69) is 10.4 Å². The molecule has 0 spiro atoms. The Bertz CT molecular complexity index is 1080. The highest BCUT2D eigenvalue weighted by atomic mass is 19.4. The second kappa shape index (κ2) is 8.17. The largest absolute Gasteiger partial charge is 0.497 e. The number of carbonyl (C=O) groups excluding carboxylic acids is 1. The summed E-state index contributed by atoms with van der Waals surface area (Å²) >= 11 is 0. The molecule has 0 saturated carbocycles. The zero-order valence-corrected chi connectivity index (χ0v) is 15.2. The number of ether oxygens (including phenoxy) is 1. The molecule has 3 rings (SSSR count). The smallest absolute Gasteiger partial charge is 0.416 e. The lowest BCUT2D eigenvalue weighted by Crippen LogP contribution is -2.29. The van der Waals surface area contributed by atoms with Crippen molar-refractivity contribution in [1.29, 1.82) is 0 Å². The molecule has 29 heavy (non-hydrogen) atoms. The molecule has 0 aliphatic rings. The van der Waals surface area contributed by atoms with Crippen LogP contribution in [0.1, 0.15) is 5.56 Å². The SMILES string of the molecule is COc1ccc(-c2ccc(=O)n(CC(=O)Nc3cccc(C(F)(F)F)c3)n2)cc1. The Hall–Kier alpha value is -3.62. The van der Waals surface area contributed by atoms with Gasteiger partial charge >= 0.3 is 6.18 Å². The molecule has 1 amide bonds. The van der Waals surface area contributed by atoms with Gasteiger partial charge in [-0.2, -0.15) is 18.3 Å². The molecule has 0 unspecified atom stereocenters. The molecule has 150 valence electrons. The van der Waals surface area contributed by atoms with Gasteiger partial charge in [-0.25, -0.2) is 4.68 Å². The molecule has 1 aromatic heterocycles. The number of nitrogens with one attached hydrogen (secondary N) is 1. The normalized spacial score (nSPS) is 11.2. The van der Waals surface area contributed by atoms with E-state index in [1.807, 2.05) is 0 Å². The average Bonchev–Trinajstić information content (AvgIpc) is 2.69. The molecular formula is C20H16F3N3O3. The zero-order chi connectivity index (χ0) is 21.0. The zero-order valence-electron chi connectivity index (χ0n) is 15.2. The van der Waals surface area contributed by atoms with Crippen LogP contribution < -0.4 is 15.6 Å². The number of amides is 1. The van der Waals surface area contributed by atoms with Crippen LogP contribution in [0.2, 0.25) is 0 Å². The first-order chi connectivity index (χ1) is 13.8. The van der Waals surface area contributed by atoms with E-state index in [-0.39, 0.29) is 5.69 Å². The van der Waals surface area contributed by atoms with Gasteiger partial charge in [-0.1, -0.05) is 6.07 Å². The van der Waals surface area contributed by atoms with Crippen LogP contribution in [0.15, 0.2) is 65.5 Å². The van der Waals surface area contributed by atoms with Gasteiger partial charge < -0.3 is 10.1 Å². The number of halogens is 3. The summed E-state index contributed by atoms with van der Waals surface area (Å²) in [5.74, 6) is -0.0201. The van der Waals surface area contributed by atoms with E-state index < -0.39 is 29.8 Å². The summed E-state index contributed by atoms with van der Waals surface area (Å²) in [6, 6.07) is 14.0. The lowest BCUT2D eigenvalue weighted by Gasteiger charge is -2.11. The summed E-state index contributed by atoms with van der Waals surface area (Å²) in [6.45, 7) is -0.445. The molecule has 2 aromatic carbocycles. The number of alkyl halides is 3. The van der Waals surface area contributed by atoms with Crippen LogP contribution in [-0.4, -0.2) is 22.8 Å². The minimum atomic E-state index is -4.52. The van der Waals surface area contributed by atoms with Crippen molar-refractivity contribution in [3.63, 3.8) is 0 Å². The van der Waals surface area contributed by atoms with E-state index in [1.165, 1.54) is 31.4 Å². The second-order valence-corrected chi connectivity index (χ2v) is 6.07. The molecule has 0 radical (unpaired) electrons. The van der Waals surface area contributed by atoms with Crippen molar-refractivity contribution in [2.45, 2.75) is 12.7 Å². The van der Waals surface area contributed by atoms with E-state index in [9.17, 15) is 22.8 Å². The maximum atomic E-state index is 12.8. The first-order valence-electron chi connectivity index (χ1n) is 8.46. The van der Waals surface area contributed by atoms with Crippen LogP contribution in [0.3, 0.4) is 0 Å². The predicted octanol–water partition coefficient (Wildman–Crippen LogP) is 3.58. The number of aromatic nitrogens is 2. The molecule has 9 heteroatoms. The lowest BCUT2D eigenvalue weighted by atomic mass is 10.1. The van der Waals surface area contributed by atoms with E-state index in [1.54, 1.807) is 24.3 Å². The third kappa shape index (κ3) is 5.01. The highest BCUT2D eigenvalue weighted by molar-refractivity contribution is 5.90. The van der Waals surface area contributed by atoms with Gasteiger partial charge in [-0.3, -0.25) is 9.59 Å². The van der Waals surface area contributed by atoms with Crippen molar-refractivity contribution in [1.82, 2.24) is 9.78 Å². The number of nitrogens with zero attached hydrogens (tertiary/aromatic N) is 2. The van der Waals surface area contributed by atoms with Crippen LogP contribution in [0.25, 0.3) is 11.3 Å². The van der Waals surface area contributed by atoms with Crippen LogP contribution >= 0.6 is 0 Å². The summed E-state index contributed by atoms with van der Waals surface area (Å²) in [5.41, 5.74) is -0.255. The third-order valence-corrected chi connectivity index (χ3v) is 4.02. The predicted molar refractivity (Wildman–Crippen MR) is 101 cm³/mol. The number of methoxy groups -OCH3 is 1. The Morgan fingerprint density at radius 3 is 2.48 bits per heavy atom. The quantitative estimate of drug-likeness (QED) is 0.707. The number of carbonyl (C=O) groups is 1. The van der Waals surface area contributed by atoms with Crippen molar-refractivity contribution in [3.8, 4) is 17.0 Å². The van der Waals surface area contributed by atoms with E-state index in [0.717, 1.165) is 16.8 Å². The van der Waals surface area contributed by atoms with Crippen LogP contribution in [-0.2, 0) is 17.5 Å². The molecule has 0 aliphatic carbocycles. The highest BCUT2D eigenvalue weighted by Gasteiger charge is 2.30. The number of hydrogen-bond donors (Lipinski definition) is 1. The molecule has 0 bridgehead atoms. The van der Waals surface area contributed by atoms with Crippen molar-refractivity contribution in [2.75, 3.05) is 12.4 Å². The third-order valence-electron chi connectivity index (χ3n) is 4.02. The summed E-state index contributed by atoms with van der Waals surface area (Å²) in [4.78, 5) is 24.2. The maximum Gasteiger partial charge on any atom is 0.416 e. The molecule has 0 aliphatic heterocycles. The molecule has 0 fully saturated rings. The molecule has 3 aromatic rings. The monoisotopic (exact) mass is 403 g/mol. The van der Waals surface area contributed by atoms with Crippen molar-refractivity contribution >= 4 is 11.6 Å². The Kier molecular flexibility index (Phi) is 5.67. The second-order valence-electron chi connectivity index (χ2n) is 6.07. The number of benzene rings is 2. The topological polar surface area (TPSA) is 73.2 Å². The van der Waals surface area contributed by atoms with Crippen molar-refractivity contribution in [2.24, 2.45) is 0 Å². The van der Waals surface area contributed by atoms with Crippen LogP contribution in [0.5, 0.6) is 5.75 Å². The fourth-order valence-electron chi connectivity index (χ4n) is 2.59. The summed E-state index contributed by atoms with van der Waals surface area (Å²) in [7, 11) is 1.54. The maximum absolute atomic E-state index is 12.8. The van der Waals surface area contributed by atoms with Gasteiger partial charge in [0.05, 0.1) is 18.4 Å². The number of hydrogen-bond acceptors (Lipinski definition) is 4. The van der Waals surface area contributed by atoms with Gasteiger partial charge in [0.15, 0.2) is 0 Å². The average molecular weight is 403 g/mol. The number of rotatable bonds is 5. The minimum Gasteiger partial charge on any atom is -0.497 e. The van der Waals surface area contributed by atoms with Crippen LogP contribution in [0, 0.1) is 0 Å². The van der Waals surface area contributed by atoms with Gasteiger partial charge in [-0.15, -0.1) is 0 Å². The van der Waals surface area contributed by atoms with E-state index in [0.29, 0.717) is 17.0 Å². The van der Waals surface area contributed by atoms with Gasteiger partial charge in [0, 0.05) is 17.3 Å². The van der Waals surface area contributed by atoms with Crippen molar-refractivity contribution in [3.05, 3.63) is 76.6 Å². The fraction of sp³-hybridized carbons (Fsp3) is 0.150. The standard InChI is InChI=1S/C20H16F3N3O3/c1-29-16-7-5-13(6-8-16)17-9-10-19(28)26(25-17)12-18(27)24-15-4-2-3-14(11-15)20(21,22)23/h2-11H,12H2,1H3,(H,24,27). The van der Waals surface area contributed by atoms with Gasteiger partial charge in [-0.05, 0) is 48.5 Å². The molecular weight excluding hydrogens is 387 g/mol. The highest BCUT2D eigenvalue weighted by Crippen LogP contribution is 2.30. The van der Waals surface area contributed by atoms with Crippen LogP contribution in [0.4, 0.5) is 18.9 Å².